The third-order valence-electron chi connectivity index (χ3n) is 5.90. The topological polar surface area (TPSA) is 72.5 Å². The number of anilines is 1. The van der Waals surface area contributed by atoms with Crippen molar-refractivity contribution >= 4 is 33.5 Å². The second-order valence-electron chi connectivity index (χ2n) is 8.46. The van der Waals surface area contributed by atoms with Gasteiger partial charge in [-0.15, -0.1) is 0 Å². The van der Waals surface area contributed by atoms with E-state index < -0.39 is 5.63 Å². The second-order valence-corrected chi connectivity index (χ2v) is 8.46. The Balaban J connectivity index is 1.75. The maximum atomic E-state index is 13.2. The van der Waals surface area contributed by atoms with Gasteiger partial charge in [0.05, 0.1) is 5.69 Å². The molecule has 164 valence electrons. The quantitative estimate of drug-likeness (QED) is 0.311. The van der Waals surface area contributed by atoms with Crippen molar-refractivity contribution in [3.63, 3.8) is 0 Å². The number of benzene rings is 3. The summed E-state index contributed by atoms with van der Waals surface area (Å²) in [7, 11) is 0. The van der Waals surface area contributed by atoms with Gasteiger partial charge in [0.25, 0.3) is 5.91 Å². The monoisotopic (exact) mass is 437 g/mol. The third kappa shape index (κ3) is 3.72. The Hall–Kier alpha value is -4.12. The number of nitrogens with one attached hydrogen (secondary N) is 1. The van der Waals surface area contributed by atoms with Crippen molar-refractivity contribution in [1.29, 1.82) is 0 Å². The van der Waals surface area contributed by atoms with Crippen LogP contribution in [0.3, 0.4) is 0 Å². The highest BCUT2D eigenvalue weighted by Crippen LogP contribution is 2.41. The van der Waals surface area contributed by atoms with Crippen molar-refractivity contribution in [3.8, 4) is 11.3 Å². The lowest BCUT2D eigenvalue weighted by Gasteiger charge is -2.11. The zero-order valence-corrected chi connectivity index (χ0v) is 18.6. The summed E-state index contributed by atoms with van der Waals surface area (Å²) in [4.78, 5) is 25.6. The summed E-state index contributed by atoms with van der Waals surface area (Å²) in [5.74, 6) is 0.484. The third-order valence-corrected chi connectivity index (χ3v) is 5.90. The number of rotatable bonds is 4. The Kier molecular flexibility index (Phi) is 5.09. The fourth-order valence-corrected chi connectivity index (χ4v) is 4.10. The van der Waals surface area contributed by atoms with Crippen LogP contribution in [0, 0.1) is 6.92 Å². The summed E-state index contributed by atoms with van der Waals surface area (Å²) in [5, 5.41) is 4.56. The predicted molar refractivity (Wildman–Crippen MR) is 131 cm³/mol. The Morgan fingerprint density at radius 2 is 1.58 bits per heavy atom. The van der Waals surface area contributed by atoms with Gasteiger partial charge < -0.3 is 14.2 Å². The number of para-hydroxylation sites is 1. The molecule has 5 rings (SSSR count). The average Bonchev–Trinajstić information content (AvgIpc) is 3.16. The van der Waals surface area contributed by atoms with Crippen LogP contribution in [-0.2, 0) is 0 Å². The zero-order chi connectivity index (χ0) is 23.1. The van der Waals surface area contributed by atoms with Gasteiger partial charge in [-0.1, -0.05) is 50.2 Å². The second kappa shape index (κ2) is 8.10. The molecule has 0 unspecified atom stereocenters. The highest BCUT2D eigenvalue weighted by Gasteiger charge is 2.22. The number of furan rings is 1. The van der Waals surface area contributed by atoms with Crippen LogP contribution in [0.4, 0.5) is 5.69 Å². The van der Waals surface area contributed by atoms with Crippen molar-refractivity contribution in [3.05, 3.63) is 99.9 Å². The Bertz CT molecular complexity index is 1570. The van der Waals surface area contributed by atoms with Gasteiger partial charge in [-0.05, 0) is 54.3 Å². The van der Waals surface area contributed by atoms with Gasteiger partial charge >= 0.3 is 5.63 Å². The number of hydrogen-bond acceptors (Lipinski definition) is 4. The van der Waals surface area contributed by atoms with Crippen LogP contribution in [0.5, 0.6) is 0 Å². The van der Waals surface area contributed by atoms with E-state index in [1.54, 1.807) is 6.07 Å². The van der Waals surface area contributed by atoms with Crippen molar-refractivity contribution in [1.82, 2.24) is 0 Å². The molecule has 5 heteroatoms. The van der Waals surface area contributed by atoms with Gasteiger partial charge in [-0.25, -0.2) is 4.79 Å². The minimum Gasteiger partial charge on any atom is -0.454 e. The fraction of sp³-hybridized carbons (Fsp3) is 0.143. The number of amides is 1. The number of hydrogen-bond donors (Lipinski definition) is 1. The first-order chi connectivity index (χ1) is 15.9. The van der Waals surface area contributed by atoms with E-state index >= 15 is 0 Å². The molecule has 0 spiro atoms. The lowest BCUT2D eigenvalue weighted by Crippen LogP contribution is -2.13. The number of carbonyl (C=O) groups is 1. The Morgan fingerprint density at radius 3 is 2.36 bits per heavy atom. The van der Waals surface area contributed by atoms with Crippen LogP contribution in [0.2, 0.25) is 0 Å². The molecule has 3 aromatic carbocycles. The molecule has 0 atom stereocenters. The molecule has 1 N–H and O–H groups in total. The van der Waals surface area contributed by atoms with Crippen LogP contribution in [0.15, 0.2) is 86.4 Å². The molecule has 5 aromatic rings. The zero-order valence-electron chi connectivity index (χ0n) is 18.6. The van der Waals surface area contributed by atoms with Gasteiger partial charge in [0.15, 0.2) is 5.76 Å². The maximum Gasteiger partial charge on any atom is 0.336 e. The van der Waals surface area contributed by atoms with E-state index in [9.17, 15) is 9.59 Å². The molecular formula is C28H23NO4. The normalized spacial score (nSPS) is 11.4. The molecule has 33 heavy (non-hydrogen) atoms. The molecule has 0 saturated carbocycles. The Morgan fingerprint density at radius 1 is 0.848 bits per heavy atom. The van der Waals surface area contributed by atoms with Crippen molar-refractivity contribution in [2.45, 2.75) is 26.7 Å². The van der Waals surface area contributed by atoms with E-state index in [-0.39, 0.29) is 5.91 Å². The smallest absolute Gasteiger partial charge is 0.336 e. The number of fused-ring (bicyclic) bond motifs is 2. The molecule has 1 amide bonds. The maximum absolute atomic E-state index is 13.2. The van der Waals surface area contributed by atoms with Gasteiger partial charge in [0, 0.05) is 28.0 Å². The summed E-state index contributed by atoms with van der Waals surface area (Å²) in [6.07, 6.45) is 0. The summed E-state index contributed by atoms with van der Waals surface area (Å²) >= 11 is 0. The highest BCUT2D eigenvalue weighted by atomic mass is 16.4. The standard InChI is InChI=1S/C28H23NO4/c1-16(2)18-12-13-24-21(14-18)22(15-25(30)32-24)27-26(20-10-6-7-11-23(20)33-27)29-28(31)19-9-5-4-8-17(19)3/h4-16H,1-3H3,(H,29,31). The summed E-state index contributed by atoms with van der Waals surface area (Å²) in [6.45, 7) is 6.11. The van der Waals surface area contributed by atoms with E-state index in [0.29, 0.717) is 39.7 Å². The minimum atomic E-state index is -0.480. The molecule has 0 saturated heterocycles. The summed E-state index contributed by atoms with van der Waals surface area (Å²) < 4.78 is 11.7. The largest absolute Gasteiger partial charge is 0.454 e. The molecule has 5 nitrogen and oxygen atoms in total. The fourth-order valence-electron chi connectivity index (χ4n) is 4.10. The lowest BCUT2D eigenvalue weighted by molar-refractivity contribution is 0.102. The number of aryl methyl sites for hydroxylation is 1. The van der Waals surface area contributed by atoms with E-state index in [4.69, 9.17) is 8.83 Å². The van der Waals surface area contributed by atoms with Crippen LogP contribution < -0.4 is 10.9 Å². The van der Waals surface area contributed by atoms with Crippen molar-refractivity contribution < 1.29 is 13.6 Å². The lowest BCUT2D eigenvalue weighted by atomic mass is 9.98. The van der Waals surface area contributed by atoms with Crippen LogP contribution >= 0.6 is 0 Å². The highest BCUT2D eigenvalue weighted by molar-refractivity contribution is 6.13. The van der Waals surface area contributed by atoms with E-state index in [1.165, 1.54) is 6.07 Å². The molecule has 0 aliphatic rings. The molecule has 2 aromatic heterocycles. The minimum absolute atomic E-state index is 0.240. The van der Waals surface area contributed by atoms with Crippen molar-refractivity contribution in [2.24, 2.45) is 0 Å². The number of carbonyl (C=O) groups excluding carboxylic acids is 1. The van der Waals surface area contributed by atoms with Gasteiger partial charge in [0.1, 0.15) is 11.2 Å². The first-order valence-corrected chi connectivity index (χ1v) is 10.9. The summed E-state index contributed by atoms with van der Waals surface area (Å²) in [5.41, 5.74) is 4.28. The molecule has 2 heterocycles. The first-order valence-electron chi connectivity index (χ1n) is 10.9. The van der Waals surface area contributed by atoms with Crippen molar-refractivity contribution in [2.75, 3.05) is 5.32 Å². The first kappa shape index (κ1) is 20.8. The molecule has 0 bridgehead atoms. The van der Waals surface area contributed by atoms with E-state index in [1.807, 2.05) is 67.6 Å². The molecule has 0 fully saturated rings. The van der Waals surface area contributed by atoms with Crippen LogP contribution in [0.1, 0.15) is 41.3 Å². The average molecular weight is 437 g/mol. The van der Waals surface area contributed by atoms with Gasteiger partial charge in [-0.3, -0.25) is 4.79 Å². The molecule has 0 aliphatic heterocycles. The van der Waals surface area contributed by atoms with E-state index in [0.717, 1.165) is 21.9 Å². The summed E-state index contributed by atoms with van der Waals surface area (Å²) in [6, 6.07) is 22.1. The van der Waals surface area contributed by atoms with Gasteiger partial charge in [-0.2, -0.15) is 0 Å². The predicted octanol–water partition coefficient (Wildman–Crippen LogP) is 6.89. The molecule has 0 radical (unpaired) electrons. The van der Waals surface area contributed by atoms with Crippen LogP contribution in [-0.4, -0.2) is 5.91 Å². The molecular weight excluding hydrogens is 414 g/mol. The van der Waals surface area contributed by atoms with Gasteiger partial charge in [0.2, 0.25) is 0 Å². The van der Waals surface area contributed by atoms with Crippen LogP contribution in [0.25, 0.3) is 33.3 Å². The SMILES string of the molecule is Cc1ccccc1C(=O)Nc1c(-c2cc(=O)oc3ccc(C(C)C)cc23)oc2ccccc12. The van der Waals surface area contributed by atoms with E-state index in [2.05, 4.69) is 19.2 Å². The Labute approximate surface area is 190 Å². The molecule has 0 aliphatic carbocycles.